The normalized spacial score (nSPS) is 15.7. The Kier molecular flexibility index (Phi) is 2.60. The Labute approximate surface area is 78.0 Å². The molecule has 0 amide bonds. The zero-order valence-corrected chi connectivity index (χ0v) is 8.73. The average molecular weight is 202 g/mol. The number of nitrogens with zero attached hydrogens (tertiary/aromatic N) is 1. The molecule has 0 radical (unpaired) electrons. The van der Waals surface area contributed by atoms with E-state index in [2.05, 4.69) is 14.9 Å². The summed E-state index contributed by atoms with van der Waals surface area (Å²) in [6.45, 7) is 5.32. The second-order valence-corrected chi connectivity index (χ2v) is 5.54. The van der Waals surface area contributed by atoms with Crippen LogP contribution >= 0.6 is 0 Å². The van der Waals surface area contributed by atoms with Gasteiger partial charge in [-0.15, -0.1) is 0 Å². The van der Waals surface area contributed by atoms with Gasteiger partial charge in [0.25, 0.3) is 0 Å². The molecule has 0 aliphatic rings. The zero-order chi connectivity index (χ0) is 10.1. The van der Waals surface area contributed by atoms with Gasteiger partial charge in [-0.2, -0.15) is 5.10 Å². The highest BCUT2D eigenvalue weighted by molar-refractivity contribution is 7.94. The molecule has 0 spiro atoms. The van der Waals surface area contributed by atoms with Crippen LogP contribution in [0.5, 0.6) is 0 Å². The van der Waals surface area contributed by atoms with E-state index in [0.717, 1.165) is 5.69 Å². The quantitative estimate of drug-likeness (QED) is 0.694. The number of aryl methyl sites for hydroxylation is 1. The number of anilines is 1. The first-order valence-electron chi connectivity index (χ1n) is 3.99. The summed E-state index contributed by atoms with van der Waals surface area (Å²) in [5.74, 6) is 0.464. The standard InChI is InChI=1S/C7H14N4OS/c1-5(2)13(8,12)11-7-4-6(3)9-10-7/h4-5H,1-3H3,(H3,8,9,10,11,12). The molecule has 0 saturated carbocycles. The largest absolute Gasteiger partial charge is 0.282 e. The lowest BCUT2D eigenvalue weighted by Gasteiger charge is -2.10. The van der Waals surface area contributed by atoms with E-state index in [1.807, 2.05) is 6.92 Å². The summed E-state index contributed by atoms with van der Waals surface area (Å²) in [6.07, 6.45) is 0. The molecule has 0 aliphatic carbocycles. The van der Waals surface area contributed by atoms with Crippen molar-refractivity contribution in [2.75, 3.05) is 4.72 Å². The van der Waals surface area contributed by atoms with Gasteiger partial charge in [0.05, 0.1) is 5.25 Å². The Morgan fingerprint density at radius 2 is 2.31 bits per heavy atom. The molecule has 1 heterocycles. The van der Waals surface area contributed by atoms with Crippen molar-refractivity contribution >= 4 is 15.7 Å². The number of hydrogen-bond donors (Lipinski definition) is 3. The van der Waals surface area contributed by atoms with Crippen LogP contribution in [-0.2, 0) is 9.92 Å². The van der Waals surface area contributed by atoms with Gasteiger partial charge in [-0.05, 0) is 20.8 Å². The summed E-state index contributed by atoms with van der Waals surface area (Å²) < 4.78 is 21.6. The molecule has 13 heavy (non-hydrogen) atoms. The van der Waals surface area contributed by atoms with Gasteiger partial charge in [0.15, 0.2) is 5.82 Å². The third-order valence-electron chi connectivity index (χ3n) is 1.63. The van der Waals surface area contributed by atoms with E-state index in [0.29, 0.717) is 5.82 Å². The van der Waals surface area contributed by atoms with Gasteiger partial charge < -0.3 is 0 Å². The molecule has 0 aliphatic heterocycles. The van der Waals surface area contributed by atoms with Crippen molar-refractivity contribution in [1.29, 1.82) is 4.78 Å². The zero-order valence-electron chi connectivity index (χ0n) is 7.92. The van der Waals surface area contributed by atoms with Crippen molar-refractivity contribution in [2.45, 2.75) is 26.0 Å². The molecule has 1 aromatic heterocycles. The van der Waals surface area contributed by atoms with E-state index in [4.69, 9.17) is 4.78 Å². The highest BCUT2D eigenvalue weighted by Crippen LogP contribution is 2.09. The van der Waals surface area contributed by atoms with Crippen LogP contribution in [0.15, 0.2) is 6.07 Å². The number of hydrogen-bond acceptors (Lipinski definition) is 3. The van der Waals surface area contributed by atoms with Gasteiger partial charge in [-0.25, -0.2) is 8.99 Å². The lowest BCUT2D eigenvalue weighted by Crippen LogP contribution is -2.21. The molecular weight excluding hydrogens is 188 g/mol. The van der Waals surface area contributed by atoms with Crippen LogP contribution in [0.1, 0.15) is 19.5 Å². The first-order chi connectivity index (χ1) is 5.92. The summed E-state index contributed by atoms with van der Waals surface area (Å²) in [4.78, 5) is 0. The summed E-state index contributed by atoms with van der Waals surface area (Å²) in [6, 6.07) is 1.72. The van der Waals surface area contributed by atoms with Gasteiger partial charge >= 0.3 is 0 Å². The molecule has 1 atom stereocenters. The molecule has 1 unspecified atom stereocenters. The molecule has 1 rings (SSSR count). The topological polar surface area (TPSA) is 81.6 Å². The van der Waals surface area contributed by atoms with Gasteiger partial charge in [-0.1, -0.05) is 0 Å². The maximum Gasteiger partial charge on any atom is 0.160 e. The van der Waals surface area contributed by atoms with E-state index >= 15 is 0 Å². The number of aromatic amines is 1. The molecular formula is C7H14N4OS. The minimum absolute atomic E-state index is 0.232. The Bertz CT molecular complexity index is 379. The third kappa shape index (κ3) is 2.45. The van der Waals surface area contributed by atoms with E-state index in [-0.39, 0.29) is 5.25 Å². The van der Waals surface area contributed by atoms with Crippen LogP contribution < -0.4 is 4.72 Å². The SMILES string of the molecule is Cc1cc(NS(=N)(=O)C(C)C)n[nH]1. The molecule has 74 valence electrons. The lowest BCUT2D eigenvalue weighted by atomic mass is 10.5. The Hall–Kier alpha value is -1.04. The van der Waals surface area contributed by atoms with E-state index < -0.39 is 9.92 Å². The fraction of sp³-hybridized carbons (Fsp3) is 0.571. The summed E-state index contributed by atoms with van der Waals surface area (Å²) in [5.41, 5.74) is 0.876. The minimum Gasteiger partial charge on any atom is -0.282 e. The predicted molar refractivity (Wildman–Crippen MR) is 52.9 cm³/mol. The highest BCUT2D eigenvalue weighted by Gasteiger charge is 2.12. The van der Waals surface area contributed by atoms with Crippen molar-refractivity contribution in [3.8, 4) is 0 Å². The maximum absolute atomic E-state index is 11.6. The van der Waals surface area contributed by atoms with Crippen LogP contribution in [0.3, 0.4) is 0 Å². The lowest BCUT2D eigenvalue weighted by molar-refractivity contribution is 0.671. The second kappa shape index (κ2) is 3.37. The number of rotatable bonds is 3. The average Bonchev–Trinajstić information content (AvgIpc) is 2.34. The van der Waals surface area contributed by atoms with Gasteiger partial charge in [0.1, 0.15) is 9.92 Å². The smallest absolute Gasteiger partial charge is 0.160 e. The van der Waals surface area contributed by atoms with E-state index in [9.17, 15) is 4.21 Å². The van der Waals surface area contributed by atoms with Gasteiger partial charge in [-0.3, -0.25) is 9.82 Å². The van der Waals surface area contributed by atoms with Gasteiger partial charge in [0, 0.05) is 11.8 Å². The van der Waals surface area contributed by atoms with Crippen LogP contribution in [0.2, 0.25) is 0 Å². The van der Waals surface area contributed by atoms with Crippen molar-refractivity contribution in [3.63, 3.8) is 0 Å². The highest BCUT2D eigenvalue weighted by atomic mass is 32.2. The van der Waals surface area contributed by atoms with Crippen LogP contribution in [0.25, 0.3) is 0 Å². The Morgan fingerprint density at radius 1 is 1.69 bits per heavy atom. The molecule has 0 bridgehead atoms. The van der Waals surface area contributed by atoms with Crippen molar-refractivity contribution < 1.29 is 4.21 Å². The molecule has 5 nitrogen and oxygen atoms in total. The number of H-pyrrole nitrogens is 1. The number of nitrogens with one attached hydrogen (secondary N) is 3. The first-order valence-corrected chi connectivity index (χ1v) is 5.61. The Balaban J connectivity index is 2.81. The van der Waals surface area contributed by atoms with Crippen molar-refractivity contribution in [2.24, 2.45) is 0 Å². The van der Waals surface area contributed by atoms with E-state index in [1.54, 1.807) is 19.9 Å². The fourth-order valence-corrected chi connectivity index (χ4v) is 1.39. The number of aromatic nitrogens is 2. The monoisotopic (exact) mass is 202 g/mol. The van der Waals surface area contributed by atoms with E-state index in [1.165, 1.54) is 0 Å². The summed E-state index contributed by atoms with van der Waals surface area (Å²) in [5, 5.41) is 6.32. The fourth-order valence-electron chi connectivity index (χ4n) is 0.744. The summed E-state index contributed by atoms with van der Waals surface area (Å²) >= 11 is 0. The minimum atomic E-state index is -2.77. The van der Waals surface area contributed by atoms with Crippen molar-refractivity contribution in [3.05, 3.63) is 11.8 Å². The van der Waals surface area contributed by atoms with Crippen LogP contribution in [0.4, 0.5) is 5.82 Å². The molecule has 6 heteroatoms. The third-order valence-corrected chi connectivity index (χ3v) is 3.47. The molecule has 3 N–H and O–H groups in total. The molecule has 1 aromatic rings. The summed E-state index contributed by atoms with van der Waals surface area (Å²) in [7, 11) is -2.77. The Morgan fingerprint density at radius 3 is 2.69 bits per heavy atom. The second-order valence-electron chi connectivity index (χ2n) is 3.19. The van der Waals surface area contributed by atoms with Crippen molar-refractivity contribution in [1.82, 2.24) is 10.2 Å². The van der Waals surface area contributed by atoms with Crippen LogP contribution in [-0.4, -0.2) is 19.7 Å². The van der Waals surface area contributed by atoms with Gasteiger partial charge in [0.2, 0.25) is 0 Å². The predicted octanol–water partition coefficient (Wildman–Crippen LogP) is 1.50. The molecule has 0 aromatic carbocycles. The van der Waals surface area contributed by atoms with Crippen LogP contribution in [0, 0.1) is 11.7 Å². The molecule has 0 fully saturated rings. The maximum atomic E-state index is 11.6. The molecule has 0 saturated heterocycles. The first kappa shape index (κ1) is 10.0.